The smallest absolute Gasteiger partial charge is 0.118 e. The summed E-state index contributed by atoms with van der Waals surface area (Å²) in [5.41, 5.74) is 7.20. The molecule has 0 aliphatic carbocycles. The van der Waals surface area contributed by atoms with E-state index in [2.05, 4.69) is 42.8 Å². The molecule has 4 nitrogen and oxygen atoms in total. The number of hydrogen-bond acceptors (Lipinski definition) is 4. The van der Waals surface area contributed by atoms with Crippen molar-refractivity contribution in [1.29, 1.82) is 0 Å². The van der Waals surface area contributed by atoms with Crippen molar-refractivity contribution in [2.75, 3.05) is 33.8 Å². The van der Waals surface area contributed by atoms with Gasteiger partial charge in [-0.3, -0.25) is 4.90 Å². The Bertz CT molecular complexity index is 448. The van der Waals surface area contributed by atoms with Crippen LogP contribution in [0.2, 0.25) is 0 Å². The maximum atomic E-state index is 5.87. The molecule has 22 heavy (non-hydrogen) atoms. The Labute approximate surface area is 135 Å². The van der Waals surface area contributed by atoms with Crippen molar-refractivity contribution in [2.24, 2.45) is 11.7 Å². The third kappa shape index (κ3) is 4.22. The van der Waals surface area contributed by atoms with Crippen LogP contribution in [0, 0.1) is 5.92 Å². The summed E-state index contributed by atoms with van der Waals surface area (Å²) < 4.78 is 5.24. The first-order valence-corrected chi connectivity index (χ1v) is 8.32. The van der Waals surface area contributed by atoms with Crippen molar-refractivity contribution in [1.82, 2.24) is 9.80 Å². The fourth-order valence-corrected chi connectivity index (χ4v) is 3.52. The Morgan fingerprint density at radius 2 is 1.95 bits per heavy atom. The van der Waals surface area contributed by atoms with Crippen LogP contribution in [0.4, 0.5) is 0 Å². The summed E-state index contributed by atoms with van der Waals surface area (Å²) in [5.74, 6) is 1.58. The largest absolute Gasteiger partial charge is 0.497 e. The molecule has 0 spiro atoms. The molecule has 1 aromatic carbocycles. The topological polar surface area (TPSA) is 41.7 Å². The fourth-order valence-electron chi connectivity index (χ4n) is 3.52. The van der Waals surface area contributed by atoms with Crippen molar-refractivity contribution in [3.8, 4) is 5.75 Å². The summed E-state index contributed by atoms with van der Waals surface area (Å²) in [7, 11) is 3.94. The minimum atomic E-state index is 0.608. The number of nitrogens with zero attached hydrogens (tertiary/aromatic N) is 2. The molecule has 1 aliphatic rings. The standard InChI is InChI=1S/C18H31N3O/c1-14-12-20(3)15(2)11-18(14)21(10-9-19)13-16-5-7-17(22-4)8-6-16/h5-8,14-15,18H,9-13,19H2,1-4H3/t14-,15+,18-/m1/s1. The molecule has 0 unspecified atom stereocenters. The van der Waals surface area contributed by atoms with Gasteiger partial charge >= 0.3 is 0 Å². The molecule has 1 saturated heterocycles. The number of benzene rings is 1. The zero-order valence-electron chi connectivity index (χ0n) is 14.5. The van der Waals surface area contributed by atoms with Crippen LogP contribution in [0.5, 0.6) is 5.75 Å². The predicted octanol–water partition coefficient (Wildman–Crippen LogP) is 2.18. The van der Waals surface area contributed by atoms with Crippen LogP contribution in [-0.2, 0) is 6.54 Å². The lowest BCUT2D eigenvalue weighted by atomic mass is 9.88. The predicted molar refractivity (Wildman–Crippen MR) is 92.1 cm³/mol. The molecule has 1 aliphatic heterocycles. The Morgan fingerprint density at radius 3 is 2.55 bits per heavy atom. The van der Waals surface area contributed by atoms with Crippen molar-refractivity contribution in [3.05, 3.63) is 29.8 Å². The van der Waals surface area contributed by atoms with E-state index in [4.69, 9.17) is 10.5 Å². The molecular weight excluding hydrogens is 274 g/mol. The highest BCUT2D eigenvalue weighted by Crippen LogP contribution is 2.26. The van der Waals surface area contributed by atoms with Gasteiger partial charge in [-0.15, -0.1) is 0 Å². The maximum Gasteiger partial charge on any atom is 0.118 e. The van der Waals surface area contributed by atoms with Gasteiger partial charge in [0.25, 0.3) is 0 Å². The molecular formula is C18H31N3O. The summed E-state index contributed by atoms with van der Waals surface area (Å²) in [6.07, 6.45) is 1.22. The SMILES string of the molecule is COc1ccc(CN(CCN)[C@@H]2C[C@H](C)N(C)C[C@H]2C)cc1. The van der Waals surface area contributed by atoms with Crippen molar-refractivity contribution in [3.63, 3.8) is 0 Å². The van der Waals surface area contributed by atoms with Crippen LogP contribution < -0.4 is 10.5 Å². The lowest BCUT2D eigenvalue weighted by Crippen LogP contribution is -2.53. The molecule has 1 fully saturated rings. The number of nitrogens with two attached hydrogens (primary N) is 1. The molecule has 0 bridgehead atoms. The van der Waals surface area contributed by atoms with Gasteiger partial charge in [-0.05, 0) is 44.0 Å². The third-order valence-electron chi connectivity index (χ3n) is 5.00. The number of methoxy groups -OCH3 is 1. The first-order chi connectivity index (χ1) is 10.5. The van der Waals surface area contributed by atoms with E-state index in [0.717, 1.165) is 25.4 Å². The number of hydrogen-bond donors (Lipinski definition) is 1. The normalized spacial score (nSPS) is 26.4. The van der Waals surface area contributed by atoms with Crippen LogP contribution in [0.3, 0.4) is 0 Å². The molecule has 0 aromatic heterocycles. The average molecular weight is 305 g/mol. The van der Waals surface area contributed by atoms with E-state index in [1.807, 2.05) is 12.1 Å². The summed E-state index contributed by atoms with van der Waals surface area (Å²) in [6, 6.07) is 9.64. The van der Waals surface area contributed by atoms with Gasteiger partial charge in [0, 0.05) is 38.3 Å². The highest BCUT2D eigenvalue weighted by molar-refractivity contribution is 5.27. The van der Waals surface area contributed by atoms with E-state index in [0.29, 0.717) is 24.5 Å². The van der Waals surface area contributed by atoms with Crippen LogP contribution in [0.15, 0.2) is 24.3 Å². The molecule has 3 atom stereocenters. The quantitative estimate of drug-likeness (QED) is 0.875. The second kappa shape index (κ2) is 7.95. The molecule has 0 radical (unpaired) electrons. The molecule has 0 saturated carbocycles. The lowest BCUT2D eigenvalue weighted by molar-refractivity contribution is 0.0428. The van der Waals surface area contributed by atoms with E-state index in [-0.39, 0.29) is 0 Å². The number of piperidine rings is 1. The Morgan fingerprint density at radius 1 is 1.27 bits per heavy atom. The molecule has 2 N–H and O–H groups in total. The first-order valence-electron chi connectivity index (χ1n) is 8.32. The summed E-state index contributed by atoms with van der Waals surface area (Å²) in [5, 5.41) is 0. The number of rotatable bonds is 6. The van der Waals surface area contributed by atoms with Crippen molar-refractivity contribution in [2.45, 2.75) is 38.9 Å². The van der Waals surface area contributed by atoms with E-state index >= 15 is 0 Å². The van der Waals surface area contributed by atoms with Gasteiger partial charge in [-0.2, -0.15) is 0 Å². The van der Waals surface area contributed by atoms with Gasteiger partial charge in [0.15, 0.2) is 0 Å². The number of ether oxygens (including phenoxy) is 1. The van der Waals surface area contributed by atoms with Gasteiger partial charge in [0.05, 0.1) is 7.11 Å². The molecule has 1 aromatic rings. The fraction of sp³-hybridized carbons (Fsp3) is 0.667. The minimum absolute atomic E-state index is 0.608. The Balaban J connectivity index is 2.07. The summed E-state index contributed by atoms with van der Waals surface area (Å²) >= 11 is 0. The van der Waals surface area contributed by atoms with E-state index in [9.17, 15) is 0 Å². The van der Waals surface area contributed by atoms with Crippen molar-refractivity contribution >= 4 is 0 Å². The zero-order chi connectivity index (χ0) is 16.1. The Kier molecular flexibility index (Phi) is 6.24. The molecule has 2 rings (SSSR count). The first kappa shape index (κ1) is 17.3. The van der Waals surface area contributed by atoms with Gasteiger partial charge in [-0.25, -0.2) is 0 Å². The van der Waals surface area contributed by atoms with Gasteiger partial charge in [-0.1, -0.05) is 19.1 Å². The van der Waals surface area contributed by atoms with Crippen LogP contribution in [0.25, 0.3) is 0 Å². The summed E-state index contributed by atoms with van der Waals surface area (Å²) in [6.45, 7) is 8.49. The minimum Gasteiger partial charge on any atom is -0.497 e. The number of likely N-dealkylation sites (tertiary alicyclic amines) is 1. The monoisotopic (exact) mass is 305 g/mol. The van der Waals surface area contributed by atoms with Crippen LogP contribution in [-0.4, -0.2) is 55.7 Å². The lowest BCUT2D eigenvalue weighted by Gasteiger charge is -2.45. The highest BCUT2D eigenvalue weighted by Gasteiger charge is 2.32. The molecule has 0 amide bonds. The highest BCUT2D eigenvalue weighted by atomic mass is 16.5. The van der Waals surface area contributed by atoms with E-state index < -0.39 is 0 Å². The second-order valence-corrected chi connectivity index (χ2v) is 6.68. The van der Waals surface area contributed by atoms with E-state index in [1.54, 1.807) is 7.11 Å². The summed E-state index contributed by atoms with van der Waals surface area (Å²) in [4.78, 5) is 5.03. The molecule has 1 heterocycles. The van der Waals surface area contributed by atoms with Crippen LogP contribution >= 0.6 is 0 Å². The van der Waals surface area contributed by atoms with Gasteiger partial charge in [0.1, 0.15) is 5.75 Å². The van der Waals surface area contributed by atoms with Crippen LogP contribution in [0.1, 0.15) is 25.8 Å². The molecule has 4 heteroatoms. The third-order valence-corrected chi connectivity index (χ3v) is 5.00. The van der Waals surface area contributed by atoms with E-state index in [1.165, 1.54) is 12.0 Å². The second-order valence-electron chi connectivity index (χ2n) is 6.68. The Hall–Kier alpha value is -1.10. The van der Waals surface area contributed by atoms with Gasteiger partial charge < -0.3 is 15.4 Å². The zero-order valence-corrected chi connectivity index (χ0v) is 14.5. The van der Waals surface area contributed by atoms with Gasteiger partial charge in [0.2, 0.25) is 0 Å². The van der Waals surface area contributed by atoms with Crippen molar-refractivity contribution < 1.29 is 4.74 Å². The maximum absolute atomic E-state index is 5.87. The average Bonchev–Trinajstić information content (AvgIpc) is 2.51. The molecule has 124 valence electrons.